The van der Waals surface area contributed by atoms with E-state index in [2.05, 4.69) is 6.92 Å². The van der Waals surface area contributed by atoms with Crippen molar-refractivity contribution in [1.82, 2.24) is 0 Å². The Balaban J connectivity index is 2.02. The number of hydrogen-bond donors (Lipinski definition) is 1. The number of methoxy groups -OCH3 is 1. The second-order valence-electron chi connectivity index (χ2n) is 4.87. The van der Waals surface area contributed by atoms with Gasteiger partial charge in [0.1, 0.15) is 0 Å². The SMILES string of the molecule is COC1(CC(O)c2ccc(C)cc2)CCC1. The fourth-order valence-corrected chi connectivity index (χ4v) is 2.32. The molecule has 0 heterocycles. The van der Waals surface area contributed by atoms with E-state index in [0.717, 1.165) is 18.4 Å². The molecule has 16 heavy (non-hydrogen) atoms. The minimum Gasteiger partial charge on any atom is -0.388 e. The molecule has 0 saturated heterocycles. The van der Waals surface area contributed by atoms with Gasteiger partial charge in [-0.15, -0.1) is 0 Å². The van der Waals surface area contributed by atoms with Crippen LogP contribution in [0.15, 0.2) is 24.3 Å². The number of aryl methyl sites for hydroxylation is 1. The Bertz CT molecular complexity index is 333. The zero-order chi connectivity index (χ0) is 11.6. The van der Waals surface area contributed by atoms with Crippen molar-refractivity contribution in [3.8, 4) is 0 Å². The van der Waals surface area contributed by atoms with Gasteiger partial charge in [-0.3, -0.25) is 0 Å². The average Bonchev–Trinajstić information content (AvgIpc) is 2.24. The minimum absolute atomic E-state index is 0.0652. The molecule has 1 aromatic rings. The van der Waals surface area contributed by atoms with Crippen molar-refractivity contribution in [2.24, 2.45) is 0 Å². The molecule has 1 saturated carbocycles. The lowest BCUT2D eigenvalue weighted by Gasteiger charge is -2.41. The summed E-state index contributed by atoms with van der Waals surface area (Å²) in [7, 11) is 1.75. The molecule has 0 radical (unpaired) electrons. The first-order chi connectivity index (χ1) is 7.65. The maximum atomic E-state index is 10.2. The topological polar surface area (TPSA) is 29.5 Å². The summed E-state index contributed by atoms with van der Waals surface area (Å²) in [5, 5.41) is 10.2. The standard InChI is InChI=1S/C14H20O2/c1-11-4-6-12(7-5-11)13(15)10-14(16-2)8-3-9-14/h4-7,13,15H,3,8-10H2,1-2H3. The highest BCUT2D eigenvalue weighted by Gasteiger charge is 2.38. The summed E-state index contributed by atoms with van der Waals surface area (Å²) in [6, 6.07) is 8.08. The van der Waals surface area contributed by atoms with E-state index in [9.17, 15) is 5.11 Å². The van der Waals surface area contributed by atoms with Crippen molar-refractivity contribution in [3.63, 3.8) is 0 Å². The van der Waals surface area contributed by atoms with E-state index in [0.29, 0.717) is 6.42 Å². The molecule has 2 heteroatoms. The largest absolute Gasteiger partial charge is 0.388 e. The van der Waals surface area contributed by atoms with Gasteiger partial charge in [0.15, 0.2) is 0 Å². The maximum Gasteiger partial charge on any atom is 0.0817 e. The molecule has 1 N–H and O–H groups in total. The van der Waals surface area contributed by atoms with Crippen LogP contribution in [0.25, 0.3) is 0 Å². The molecule has 0 spiro atoms. The van der Waals surface area contributed by atoms with E-state index >= 15 is 0 Å². The van der Waals surface area contributed by atoms with Crippen LogP contribution in [0.1, 0.15) is 42.9 Å². The molecule has 2 rings (SSSR count). The molecule has 1 aromatic carbocycles. The summed E-state index contributed by atoms with van der Waals surface area (Å²) < 4.78 is 5.53. The van der Waals surface area contributed by atoms with E-state index in [1.165, 1.54) is 12.0 Å². The van der Waals surface area contributed by atoms with Gasteiger partial charge < -0.3 is 9.84 Å². The van der Waals surface area contributed by atoms with E-state index in [1.807, 2.05) is 24.3 Å². The number of rotatable bonds is 4. The number of aliphatic hydroxyl groups is 1. The van der Waals surface area contributed by atoms with Crippen LogP contribution >= 0.6 is 0 Å². The zero-order valence-corrected chi connectivity index (χ0v) is 10.1. The third-order valence-corrected chi connectivity index (χ3v) is 3.73. The first-order valence-corrected chi connectivity index (χ1v) is 5.95. The van der Waals surface area contributed by atoms with Gasteiger partial charge in [-0.25, -0.2) is 0 Å². The predicted molar refractivity (Wildman–Crippen MR) is 64.3 cm³/mol. The van der Waals surface area contributed by atoms with E-state index in [4.69, 9.17) is 4.74 Å². The highest BCUT2D eigenvalue weighted by Crippen LogP contribution is 2.41. The summed E-state index contributed by atoms with van der Waals surface area (Å²) in [6.07, 6.45) is 3.68. The van der Waals surface area contributed by atoms with Crippen molar-refractivity contribution >= 4 is 0 Å². The van der Waals surface area contributed by atoms with E-state index in [-0.39, 0.29) is 5.60 Å². The molecule has 0 aromatic heterocycles. The van der Waals surface area contributed by atoms with Crippen molar-refractivity contribution in [1.29, 1.82) is 0 Å². The summed E-state index contributed by atoms with van der Waals surface area (Å²) >= 11 is 0. The Kier molecular flexibility index (Phi) is 3.31. The molecule has 0 bridgehead atoms. The molecule has 0 aliphatic heterocycles. The minimum atomic E-state index is -0.402. The van der Waals surface area contributed by atoms with Crippen molar-refractivity contribution in [3.05, 3.63) is 35.4 Å². The quantitative estimate of drug-likeness (QED) is 0.845. The predicted octanol–water partition coefficient (Wildman–Crippen LogP) is 2.99. The lowest BCUT2D eigenvalue weighted by Crippen LogP contribution is -2.40. The highest BCUT2D eigenvalue weighted by atomic mass is 16.5. The molecule has 1 atom stereocenters. The summed E-state index contributed by atoms with van der Waals surface area (Å²) in [6.45, 7) is 2.05. The average molecular weight is 220 g/mol. The van der Waals surface area contributed by atoms with Gasteiger partial charge in [-0.05, 0) is 31.7 Å². The lowest BCUT2D eigenvalue weighted by molar-refractivity contribution is -0.0999. The number of benzene rings is 1. The van der Waals surface area contributed by atoms with Gasteiger partial charge >= 0.3 is 0 Å². The fraction of sp³-hybridized carbons (Fsp3) is 0.571. The second kappa shape index (κ2) is 4.56. The van der Waals surface area contributed by atoms with Crippen molar-refractivity contribution in [2.75, 3.05) is 7.11 Å². The normalized spacial score (nSPS) is 20.2. The Labute approximate surface area is 97.3 Å². The van der Waals surface area contributed by atoms with Crippen LogP contribution < -0.4 is 0 Å². The number of hydrogen-bond acceptors (Lipinski definition) is 2. The zero-order valence-electron chi connectivity index (χ0n) is 10.1. The van der Waals surface area contributed by atoms with Gasteiger partial charge in [-0.2, -0.15) is 0 Å². The Hall–Kier alpha value is -0.860. The molecule has 1 fully saturated rings. The van der Waals surface area contributed by atoms with Crippen LogP contribution in [-0.2, 0) is 4.74 Å². The van der Waals surface area contributed by atoms with Gasteiger partial charge in [0.2, 0.25) is 0 Å². The van der Waals surface area contributed by atoms with Crippen LogP contribution in [0.4, 0.5) is 0 Å². The molecule has 1 aliphatic rings. The lowest BCUT2D eigenvalue weighted by atomic mass is 9.75. The van der Waals surface area contributed by atoms with Gasteiger partial charge in [0.05, 0.1) is 11.7 Å². The molecule has 88 valence electrons. The summed E-state index contributed by atoms with van der Waals surface area (Å²) in [5.74, 6) is 0. The number of aliphatic hydroxyl groups excluding tert-OH is 1. The first kappa shape index (κ1) is 11.6. The van der Waals surface area contributed by atoms with Crippen LogP contribution in [-0.4, -0.2) is 17.8 Å². The molecule has 0 amide bonds. The fourth-order valence-electron chi connectivity index (χ4n) is 2.32. The third-order valence-electron chi connectivity index (χ3n) is 3.73. The molecule has 1 unspecified atom stereocenters. The summed E-state index contributed by atoms with van der Waals surface area (Å²) in [4.78, 5) is 0. The van der Waals surface area contributed by atoms with Crippen molar-refractivity contribution in [2.45, 2.75) is 44.3 Å². The monoisotopic (exact) mass is 220 g/mol. The first-order valence-electron chi connectivity index (χ1n) is 5.95. The molecular formula is C14H20O2. The van der Waals surface area contributed by atoms with Crippen LogP contribution in [0.5, 0.6) is 0 Å². The van der Waals surface area contributed by atoms with E-state index in [1.54, 1.807) is 7.11 Å². The maximum absolute atomic E-state index is 10.2. The van der Waals surface area contributed by atoms with Crippen LogP contribution in [0, 0.1) is 6.92 Å². The second-order valence-corrected chi connectivity index (χ2v) is 4.87. The van der Waals surface area contributed by atoms with Crippen molar-refractivity contribution < 1.29 is 9.84 Å². The van der Waals surface area contributed by atoms with Crippen LogP contribution in [0.3, 0.4) is 0 Å². The smallest absolute Gasteiger partial charge is 0.0817 e. The molecule has 1 aliphatic carbocycles. The van der Waals surface area contributed by atoms with Gasteiger partial charge in [0.25, 0.3) is 0 Å². The third kappa shape index (κ3) is 2.28. The summed E-state index contributed by atoms with van der Waals surface area (Å²) in [5.41, 5.74) is 2.15. The molecular weight excluding hydrogens is 200 g/mol. The Morgan fingerprint density at radius 1 is 1.31 bits per heavy atom. The molecule has 2 nitrogen and oxygen atoms in total. The van der Waals surface area contributed by atoms with E-state index < -0.39 is 6.10 Å². The number of ether oxygens (including phenoxy) is 1. The van der Waals surface area contributed by atoms with Crippen LogP contribution in [0.2, 0.25) is 0 Å². The van der Waals surface area contributed by atoms with Gasteiger partial charge in [-0.1, -0.05) is 29.8 Å². The van der Waals surface area contributed by atoms with Gasteiger partial charge in [0, 0.05) is 13.5 Å². The highest BCUT2D eigenvalue weighted by molar-refractivity contribution is 5.23. The Morgan fingerprint density at radius 2 is 1.94 bits per heavy atom. The Morgan fingerprint density at radius 3 is 2.38 bits per heavy atom.